The van der Waals surface area contributed by atoms with E-state index >= 15 is 0 Å². The molecule has 1 saturated heterocycles. The zero-order valence-corrected chi connectivity index (χ0v) is 22.2. The van der Waals surface area contributed by atoms with Gasteiger partial charge in [-0.05, 0) is 50.1 Å². The summed E-state index contributed by atoms with van der Waals surface area (Å²) in [5.74, 6) is 1.18. The molecule has 3 aromatic rings. The number of benzene rings is 2. The maximum Gasteiger partial charge on any atom is 0.483 e. The summed E-state index contributed by atoms with van der Waals surface area (Å²) in [6.07, 6.45) is -0.552. The molecule has 2 amide bonds. The number of aromatic nitrogens is 2. The second-order valence-electron chi connectivity index (χ2n) is 10.1. The van der Waals surface area contributed by atoms with E-state index in [0.717, 1.165) is 48.3 Å². The lowest BCUT2D eigenvalue weighted by molar-refractivity contribution is -0.110. The SMILES string of the molecule is COCc1cccc(CNC(=O)Nc2c(C)c(OC3CC4(C3)CN(C)C4)nn2-c2ccccc2)c1.O=C(F)F. The van der Waals surface area contributed by atoms with Gasteiger partial charge in [0.2, 0.25) is 5.88 Å². The van der Waals surface area contributed by atoms with Gasteiger partial charge in [-0.25, -0.2) is 14.3 Å². The molecule has 1 aliphatic heterocycles. The van der Waals surface area contributed by atoms with Crippen molar-refractivity contribution in [1.29, 1.82) is 0 Å². The van der Waals surface area contributed by atoms with Crippen LogP contribution in [-0.2, 0) is 17.9 Å². The Labute approximate surface area is 226 Å². The molecule has 1 aromatic heterocycles. The first-order valence-corrected chi connectivity index (χ1v) is 12.6. The van der Waals surface area contributed by atoms with Gasteiger partial charge in [-0.2, -0.15) is 0 Å². The number of urea groups is 1. The van der Waals surface area contributed by atoms with Crippen LogP contribution < -0.4 is 15.4 Å². The number of carbonyl (C=O) groups excluding carboxylic acids is 2. The standard InChI is InChI=1S/C27H33N5O3.CF2O/c1-19-24(29-26(33)28-15-20-8-7-9-21(12-20)16-34-3)32(22-10-5-4-6-11-22)30-25(19)35-23-13-27(14-23)17-31(2)18-27;2-1(3)4/h4-12,23H,13-18H2,1-3H3,(H2,28,29,33);. The van der Waals surface area contributed by atoms with Gasteiger partial charge in [0.25, 0.3) is 0 Å². The van der Waals surface area contributed by atoms with Gasteiger partial charge in [0, 0.05) is 32.2 Å². The van der Waals surface area contributed by atoms with Crippen LogP contribution in [0.1, 0.15) is 29.5 Å². The first-order chi connectivity index (χ1) is 18.7. The number of ether oxygens (including phenoxy) is 2. The quantitative estimate of drug-likeness (QED) is 0.382. The average molecular weight is 542 g/mol. The fraction of sp³-hybridized carbons (Fsp3) is 0.393. The predicted octanol–water partition coefficient (Wildman–Crippen LogP) is 5.17. The maximum atomic E-state index is 12.9. The van der Waals surface area contributed by atoms with Crippen LogP contribution in [0.2, 0.25) is 0 Å². The molecule has 11 heteroatoms. The molecule has 2 aliphatic rings. The third-order valence-corrected chi connectivity index (χ3v) is 6.88. The molecule has 1 saturated carbocycles. The minimum Gasteiger partial charge on any atom is -0.473 e. The van der Waals surface area contributed by atoms with Gasteiger partial charge in [-0.1, -0.05) is 42.5 Å². The Balaban J connectivity index is 0.000000826. The van der Waals surface area contributed by atoms with Crippen LogP contribution in [0.25, 0.3) is 5.69 Å². The van der Waals surface area contributed by atoms with E-state index in [1.807, 2.05) is 61.5 Å². The highest BCUT2D eigenvalue weighted by Gasteiger charge is 2.52. The summed E-state index contributed by atoms with van der Waals surface area (Å²) in [7, 11) is 3.83. The first kappa shape index (κ1) is 28.2. The van der Waals surface area contributed by atoms with Crippen LogP contribution in [0.5, 0.6) is 5.88 Å². The van der Waals surface area contributed by atoms with E-state index in [0.29, 0.717) is 30.3 Å². The number of methoxy groups -OCH3 is 1. The van der Waals surface area contributed by atoms with E-state index in [1.165, 1.54) is 0 Å². The Hall–Kier alpha value is -3.83. The van der Waals surface area contributed by atoms with E-state index in [4.69, 9.17) is 19.4 Å². The van der Waals surface area contributed by atoms with Crippen molar-refractivity contribution >= 4 is 18.1 Å². The summed E-state index contributed by atoms with van der Waals surface area (Å²) in [5, 5.41) is 10.7. The topological polar surface area (TPSA) is 97.7 Å². The third kappa shape index (κ3) is 7.18. The summed E-state index contributed by atoms with van der Waals surface area (Å²) in [6.45, 7) is 5.18. The lowest BCUT2D eigenvalue weighted by Crippen LogP contribution is -2.63. The molecular formula is C28H33F2N5O4. The van der Waals surface area contributed by atoms with Crippen LogP contribution in [0.15, 0.2) is 54.6 Å². The molecule has 0 radical (unpaired) electrons. The monoisotopic (exact) mass is 541 g/mol. The highest BCUT2D eigenvalue weighted by Crippen LogP contribution is 2.49. The second kappa shape index (κ2) is 12.4. The number of likely N-dealkylation sites (tertiary alicyclic amines) is 1. The van der Waals surface area contributed by atoms with Crippen LogP contribution in [0.4, 0.5) is 24.2 Å². The van der Waals surface area contributed by atoms with Crippen LogP contribution in [-0.4, -0.2) is 60.4 Å². The van der Waals surface area contributed by atoms with Crippen LogP contribution in [0, 0.1) is 12.3 Å². The Morgan fingerprint density at radius 2 is 1.74 bits per heavy atom. The summed E-state index contributed by atoms with van der Waals surface area (Å²) < 4.78 is 32.6. The Morgan fingerprint density at radius 3 is 2.38 bits per heavy atom. The molecule has 1 aliphatic carbocycles. The largest absolute Gasteiger partial charge is 0.483 e. The lowest BCUT2D eigenvalue weighted by atomic mass is 9.62. The number of hydrogen-bond acceptors (Lipinski definition) is 6. The van der Waals surface area contributed by atoms with Gasteiger partial charge >= 0.3 is 12.3 Å². The van der Waals surface area contributed by atoms with E-state index in [1.54, 1.807) is 11.8 Å². The number of nitrogens with zero attached hydrogens (tertiary/aromatic N) is 3. The number of halogens is 2. The molecular weight excluding hydrogens is 508 g/mol. The van der Waals surface area contributed by atoms with Crippen LogP contribution >= 0.6 is 0 Å². The molecule has 2 aromatic carbocycles. The fourth-order valence-electron chi connectivity index (χ4n) is 5.33. The van der Waals surface area contributed by atoms with Crippen molar-refractivity contribution in [2.75, 3.05) is 32.6 Å². The molecule has 2 N–H and O–H groups in total. The molecule has 0 bridgehead atoms. The smallest absolute Gasteiger partial charge is 0.473 e. The van der Waals surface area contributed by atoms with Gasteiger partial charge < -0.3 is 19.7 Å². The van der Waals surface area contributed by atoms with Gasteiger partial charge in [0.15, 0.2) is 0 Å². The Bertz CT molecular complexity index is 1280. The Morgan fingerprint density at radius 1 is 1.08 bits per heavy atom. The second-order valence-corrected chi connectivity index (χ2v) is 10.1. The maximum absolute atomic E-state index is 12.9. The van der Waals surface area contributed by atoms with Crippen molar-refractivity contribution in [1.82, 2.24) is 20.0 Å². The number of anilines is 1. The molecule has 0 atom stereocenters. The molecule has 208 valence electrons. The van der Waals surface area contributed by atoms with Gasteiger partial charge in [0.05, 0.1) is 17.9 Å². The summed E-state index contributed by atoms with van der Waals surface area (Å²) in [4.78, 5) is 23.3. The molecule has 2 heterocycles. The number of nitrogens with one attached hydrogen (secondary N) is 2. The van der Waals surface area contributed by atoms with E-state index < -0.39 is 6.29 Å². The van der Waals surface area contributed by atoms with Gasteiger partial charge in [-0.3, -0.25) is 5.32 Å². The number of rotatable bonds is 8. The predicted molar refractivity (Wildman–Crippen MR) is 143 cm³/mol. The lowest BCUT2D eigenvalue weighted by Gasteiger charge is -2.57. The molecule has 9 nitrogen and oxygen atoms in total. The minimum atomic E-state index is -2.83. The molecule has 2 fully saturated rings. The van der Waals surface area contributed by atoms with E-state index in [9.17, 15) is 13.6 Å². The summed E-state index contributed by atoms with van der Waals surface area (Å²) in [6, 6.07) is 17.5. The van der Waals surface area contributed by atoms with Crippen molar-refractivity contribution in [3.8, 4) is 11.6 Å². The van der Waals surface area contributed by atoms with Crippen molar-refractivity contribution in [2.24, 2.45) is 5.41 Å². The number of para-hydroxylation sites is 1. The van der Waals surface area contributed by atoms with Gasteiger partial charge in [-0.15, -0.1) is 13.9 Å². The Kier molecular flexibility index (Phi) is 8.93. The molecule has 1 spiro atoms. The van der Waals surface area contributed by atoms with Crippen molar-refractivity contribution in [2.45, 2.75) is 39.0 Å². The average Bonchev–Trinajstić information content (AvgIpc) is 3.16. The molecule has 5 rings (SSSR count). The van der Waals surface area contributed by atoms with Crippen molar-refractivity contribution < 1.29 is 27.8 Å². The number of amides is 2. The molecule has 39 heavy (non-hydrogen) atoms. The zero-order chi connectivity index (χ0) is 28.0. The highest BCUT2D eigenvalue weighted by atomic mass is 19.3. The summed E-state index contributed by atoms with van der Waals surface area (Å²) >= 11 is 0. The number of carbonyl (C=O) groups is 2. The summed E-state index contributed by atoms with van der Waals surface area (Å²) in [5.41, 5.74) is 4.18. The zero-order valence-electron chi connectivity index (χ0n) is 22.2. The molecule has 0 unspecified atom stereocenters. The van der Waals surface area contributed by atoms with Crippen molar-refractivity contribution in [3.63, 3.8) is 0 Å². The fourth-order valence-corrected chi connectivity index (χ4v) is 5.33. The van der Waals surface area contributed by atoms with E-state index in [2.05, 4.69) is 22.6 Å². The highest BCUT2D eigenvalue weighted by molar-refractivity contribution is 5.89. The van der Waals surface area contributed by atoms with E-state index in [-0.39, 0.29) is 12.1 Å². The van der Waals surface area contributed by atoms with Crippen LogP contribution in [0.3, 0.4) is 0 Å². The normalized spacial score (nSPS) is 15.9. The van der Waals surface area contributed by atoms with Gasteiger partial charge in [0.1, 0.15) is 11.9 Å². The number of hydrogen-bond donors (Lipinski definition) is 2. The van der Waals surface area contributed by atoms with Crippen molar-refractivity contribution in [3.05, 3.63) is 71.3 Å². The third-order valence-electron chi connectivity index (χ3n) is 6.88. The minimum absolute atomic E-state index is 0.169. The first-order valence-electron chi connectivity index (χ1n) is 12.6.